The molecule has 0 aliphatic carbocycles. The number of likely N-dealkylation sites (N-methyl/N-ethyl adjacent to an activating group) is 1. The summed E-state index contributed by atoms with van der Waals surface area (Å²) in [4.78, 5) is 28.5. The van der Waals surface area contributed by atoms with Crippen LogP contribution in [0.5, 0.6) is 0 Å². The van der Waals surface area contributed by atoms with Crippen LogP contribution in [0.1, 0.15) is 38.3 Å². The molecule has 2 amide bonds. The molecule has 5 heteroatoms. The number of hydrogen-bond donors (Lipinski definition) is 0. The Balaban J connectivity index is 2.23. The van der Waals surface area contributed by atoms with Gasteiger partial charge in [0.25, 0.3) is 0 Å². The largest absolute Gasteiger partial charge is 0.332 e. The summed E-state index contributed by atoms with van der Waals surface area (Å²) < 4.78 is 0. The number of nitriles is 1. The quantitative estimate of drug-likeness (QED) is 0.837. The number of hydrogen-bond acceptors (Lipinski definition) is 3. The second-order valence-electron chi connectivity index (χ2n) is 6.33. The van der Waals surface area contributed by atoms with Crippen molar-refractivity contribution in [1.29, 1.82) is 5.26 Å². The van der Waals surface area contributed by atoms with Crippen LogP contribution >= 0.6 is 0 Å². The van der Waals surface area contributed by atoms with Crippen molar-refractivity contribution in [3.05, 3.63) is 35.4 Å². The first-order valence-corrected chi connectivity index (χ1v) is 8.03. The molecule has 1 atom stereocenters. The second kappa shape index (κ2) is 7.28. The number of benzene rings is 1. The highest BCUT2D eigenvalue weighted by atomic mass is 16.2. The Morgan fingerprint density at radius 3 is 2.43 bits per heavy atom. The van der Waals surface area contributed by atoms with Crippen LogP contribution in [0, 0.1) is 17.2 Å². The molecule has 1 saturated heterocycles. The Labute approximate surface area is 137 Å². The molecule has 1 aliphatic rings. The first-order chi connectivity index (χ1) is 11.0. The predicted molar refractivity (Wildman–Crippen MR) is 87.2 cm³/mol. The molecule has 1 heterocycles. The van der Waals surface area contributed by atoms with E-state index in [0.717, 1.165) is 5.56 Å². The van der Waals surface area contributed by atoms with Crippen LogP contribution < -0.4 is 0 Å². The van der Waals surface area contributed by atoms with Crippen LogP contribution in [-0.4, -0.2) is 40.7 Å². The van der Waals surface area contributed by atoms with Crippen molar-refractivity contribution in [2.75, 3.05) is 13.1 Å². The molecule has 0 bridgehead atoms. The molecule has 0 N–H and O–H groups in total. The Morgan fingerprint density at radius 2 is 1.91 bits per heavy atom. The van der Waals surface area contributed by atoms with Crippen molar-refractivity contribution in [1.82, 2.24) is 9.80 Å². The Hall–Kier alpha value is -2.35. The van der Waals surface area contributed by atoms with Gasteiger partial charge in [0.2, 0.25) is 11.8 Å². The van der Waals surface area contributed by atoms with E-state index in [-0.39, 0.29) is 18.4 Å². The fourth-order valence-electron chi connectivity index (χ4n) is 2.87. The third-order valence-corrected chi connectivity index (χ3v) is 4.13. The molecular weight excluding hydrogens is 290 g/mol. The number of piperazine rings is 1. The summed E-state index contributed by atoms with van der Waals surface area (Å²) >= 11 is 0. The van der Waals surface area contributed by atoms with E-state index in [1.807, 2.05) is 19.1 Å². The minimum Gasteiger partial charge on any atom is -0.332 e. The van der Waals surface area contributed by atoms with Gasteiger partial charge in [-0.05, 0) is 37.0 Å². The van der Waals surface area contributed by atoms with Crippen LogP contribution in [0.2, 0.25) is 0 Å². The zero-order chi connectivity index (χ0) is 17.0. The summed E-state index contributed by atoms with van der Waals surface area (Å²) in [7, 11) is 0. The monoisotopic (exact) mass is 313 g/mol. The van der Waals surface area contributed by atoms with Gasteiger partial charge in [-0.15, -0.1) is 0 Å². The maximum Gasteiger partial charge on any atom is 0.245 e. The molecule has 0 saturated carbocycles. The number of carbonyl (C=O) groups excluding carboxylic acids is 2. The van der Waals surface area contributed by atoms with Crippen LogP contribution in [0.3, 0.4) is 0 Å². The van der Waals surface area contributed by atoms with Crippen LogP contribution in [0.25, 0.3) is 0 Å². The smallest absolute Gasteiger partial charge is 0.245 e. The zero-order valence-corrected chi connectivity index (χ0v) is 14.0. The SMILES string of the molecule is CCN1CC(=O)N(Cc2ccc(C#N)cc2)[C@@H](CC(C)C)C1=O. The van der Waals surface area contributed by atoms with Crippen molar-refractivity contribution in [3.8, 4) is 6.07 Å². The number of rotatable bonds is 5. The highest BCUT2D eigenvalue weighted by molar-refractivity contribution is 5.94. The molecular formula is C18H23N3O2. The van der Waals surface area contributed by atoms with Crippen LogP contribution in [0.15, 0.2) is 24.3 Å². The molecule has 0 radical (unpaired) electrons. The van der Waals surface area contributed by atoms with Gasteiger partial charge in [0.15, 0.2) is 0 Å². The molecule has 0 unspecified atom stereocenters. The van der Waals surface area contributed by atoms with E-state index in [1.165, 1.54) is 0 Å². The summed E-state index contributed by atoms with van der Waals surface area (Å²) in [6, 6.07) is 8.84. The van der Waals surface area contributed by atoms with Gasteiger partial charge in [0.05, 0.1) is 18.2 Å². The molecule has 2 rings (SSSR count). The van der Waals surface area contributed by atoms with Crippen molar-refractivity contribution in [2.24, 2.45) is 5.92 Å². The zero-order valence-electron chi connectivity index (χ0n) is 14.0. The summed E-state index contributed by atoms with van der Waals surface area (Å²) in [6.07, 6.45) is 0.664. The molecule has 1 fully saturated rings. The van der Waals surface area contributed by atoms with Gasteiger partial charge in [-0.2, -0.15) is 5.26 Å². The lowest BCUT2D eigenvalue weighted by molar-refractivity contribution is -0.157. The fourth-order valence-corrected chi connectivity index (χ4v) is 2.87. The Bertz CT molecular complexity index is 616. The summed E-state index contributed by atoms with van der Waals surface area (Å²) in [5, 5.41) is 8.86. The van der Waals surface area contributed by atoms with Crippen molar-refractivity contribution < 1.29 is 9.59 Å². The molecule has 1 aromatic rings. The molecule has 23 heavy (non-hydrogen) atoms. The Kier molecular flexibility index (Phi) is 5.38. The van der Waals surface area contributed by atoms with Crippen LogP contribution in [-0.2, 0) is 16.1 Å². The highest BCUT2D eigenvalue weighted by Crippen LogP contribution is 2.22. The van der Waals surface area contributed by atoms with E-state index in [9.17, 15) is 9.59 Å². The minimum absolute atomic E-state index is 0.0125. The molecule has 1 aromatic carbocycles. The van der Waals surface area contributed by atoms with E-state index in [0.29, 0.717) is 31.0 Å². The summed E-state index contributed by atoms with van der Waals surface area (Å²) in [5.74, 6) is 0.355. The van der Waals surface area contributed by atoms with E-state index in [1.54, 1.807) is 21.9 Å². The molecule has 0 aromatic heterocycles. The third-order valence-electron chi connectivity index (χ3n) is 4.13. The van der Waals surface area contributed by atoms with Gasteiger partial charge in [0.1, 0.15) is 6.04 Å². The van der Waals surface area contributed by atoms with Gasteiger partial charge in [-0.1, -0.05) is 26.0 Å². The number of nitrogens with zero attached hydrogens (tertiary/aromatic N) is 3. The maximum absolute atomic E-state index is 12.6. The van der Waals surface area contributed by atoms with Crippen LogP contribution in [0.4, 0.5) is 0 Å². The van der Waals surface area contributed by atoms with E-state index >= 15 is 0 Å². The van der Waals surface area contributed by atoms with Crippen molar-refractivity contribution in [3.63, 3.8) is 0 Å². The first kappa shape index (κ1) is 17.0. The standard InChI is InChI=1S/C18H23N3O2/c1-4-20-12-17(22)21(16(18(20)23)9-13(2)3)11-15-7-5-14(10-19)6-8-15/h5-8,13,16H,4,9,11-12H2,1-3H3/t16-/m0/s1. The lowest BCUT2D eigenvalue weighted by atomic mass is 9.98. The molecule has 5 nitrogen and oxygen atoms in total. The maximum atomic E-state index is 12.6. The normalized spacial score (nSPS) is 18.5. The van der Waals surface area contributed by atoms with E-state index in [2.05, 4.69) is 19.9 Å². The summed E-state index contributed by atoms with van der Waals surface area (Å²) in [5.41, 5.74) is 1.52. The van der Waals surface area contributed by atoms with Gasteiger partial charge in [-0.25, -0.2) is 0 Å². The third kappa shape index (κ3) is 3.89. The fraction of sp³-hybridized carbons (Fsp3) is 0.500. The van der Waals surface area contributed by atoms with Gasteiger partial charge in [0, 0.05) is 13.1 Å². The highest BCUT2D eigenvalue weighted by Gasteiger charge is 2.38. The second-order valence-corrected chi connectivity index (χ2v) is 6.33. The van der Waals surface area contributed by atoms with Gasteiger partial charge in [-0.3, -0.25) is 9.59 Å². The Morgan fingerprint density at radius 1 is 1.26 bits per heavy atom. The van der Waals surface area contributed by atoms with E-state index in [4.69, 9.17) is 5.26 Å². The first-order valence-electron chi connectivity index (χ1n) is 8.03. The lowest BCUT2D eigenvalue weighted by Gasteiger charge is -2.40. The molecule has 122 valence electrons. The number of carbonyl (C=O) groups is 2. The minimum atomic E-state index is -0.396. The van der Waals surface area contributed by atoms with E-state index < -0.39 is 6.04 Å². The van der Waals surface area contributed by atoms with Crippen molar-refractivity contribution >= 4 is 11.8 Å². The van der Waals surface area contributed by atoms with Gasteiger partial charge >= 0.3 is 0 Å². The van der Waals surface area contributed by atoms with Gasteiger partial charge < -0.3 is 9.80 Å². The molecule has 0 spiro atoms. The lowest BCUT2D eigenvalue weighted by Crippen LogP contribution is -2.59. The van der Waals surface area contributed by atoms with Crippen molar-refractivity contribution in [2.45, 2.75) is 39.8 Å². The average molecular weight is 313 g/mol. The predicted octanol–water partition coefficient (Wildman–Crippen LogP) is 2.16. The number of amides is 2. The molecule has 1 aliphatic heterocycles. The topological polar surface area (TPSA) is 64.4 Å². The average Bonchev–Trinajstić information content (AvgIpc) is 2.54. The summed E-state index contributed by atoms with van der Waals surface area (Å²) in [6.45, 7) is 7.13.